The first-order chi connectivity index (χ1) is 19.1. The number of nitrogens with zero attached hydrogens (tertiary/aromatic N) is 2. The summed E-state index contributed by atoms with van der Waals surface area (Å²) in [6.45, 7) is 2.70. The van der Waals surface area contributed by atoms with E-state index in [1.54, 1.807) is 0 Å². The molecule has 1 heterocycles. The normalized spacial score (nSPS) is 20.4. The monoisotopic (exact) mass is 714 g/mol. The van der Waals surface area contributed by atoms with Crippen molar-refractivity contribution in [2.45, 2.75) is 71.1 Å². The van der Waals surface area contributed by atoms with Gasteiger partial charge in [0.05, 0.1) is 14.2 Å². The number of halogens is 5. The minimum absolute atomic E-state index is 0.0580. The number of nitrogens with one attached hydrogen (secondary N) is 2. The maximum Gasteiger partial charge on any atom is 0.319 e. The minimum Gasteiger partial charge on any atom is -0.373 e. The second kappa shape index (κ2) is 22.4. The van der Waals surface area contributed by atoms with Crippen LogP contribution < -0.4 is 10.6 Å². The van der Waals surface area contributed by atoms with E-state index in [1.165, 1.54) is 56.7 Å². The molecule has 0 aromatic carbocycles. The van der Waals surface area contributed by atoms with Gasteiger partial charge in [-0.05, 0) is 12.2 Å². The molecule has 1 rings (SSSR count). The summed E-state index contributed by atoms with van der Waals surface area (Å²) in [5, 5.41) is 29.7. The van der Waals surface area contributed by atoms with Crippen LogP contribution in [0.2, 0.25) is 0 Å². The van der Waals surface area contributed by atoms with E-state index in [2.05, 4.69) is 17.6 Å². The van der Waals surface area contributed by atoms with Crippen LogP contribution in [0.4, 0.5) is 0 Å². The molecular weight excluding hydrogens is 682 g/mol. The zero-order valence-electron chi connectivity index (χ0n) is 22.2. The predicted octanol–water partition coefficient (Wildman–Crippen LogP) is 9.72. The van der Waals surface area contributed by atoms with E-state index in [0.29, 0.717) is 22.3 Å². The third kappa shape index (κ3) is 14.8. The predicted molar refractivity (Wildman–Crippen MR) is 177 cm³/mol. The van der Waals surface area contributed by atoms with Crippen LogP contribution in [-0.2, 0) is 0 Å². The lowest BCUT2D eigenvalue weighted by atomic mass is 10.1. The highest BCUT2D eigenvalue weighted by Gasteiger charge is 2.28. The molecule has 0 saturated carbocycles. The Kier molecular flexibility index (Phi) is 21.2. The summed E-state index contributed by atoms with van der Waals surface area (Å²) in [5.74, 6) is 1.31. The van der Waals surface area contributed by atoms with Gasteiger partial charge in [-0.15, -0.1) is 23.5 Å². The molecule has 40 heavy (non-hydrogen) atoms. The Morgan fingerprint density at radius 2 is 1.43 bits per heavy atom. The molecule has 1 aliphatic rings. The lowest BCUT2D eigenvalue weighted by Crippen LogP contribution is -2.22. The van der Waals surface area contributed by atoms with Gasteiger partial charge in [0.15, 0.2) is 5.03 Å². The SMILES string of the molecule is CCCCCCCCCCCCS/C1=C([N+](=O)[O-])/C(Cl)=C(\Cl)SCCN/C(=C(\C(Cl)=C(Cl)Cl)[N+](=O)[O-])SCCN1. The Balaban J connectivity index is 2.95. The fourth-order valence-electron chi connectivity index (χ4n) is 3.56. The number of allylic oxidation sites excluding steroid dienone is 2. The van der Waals surface area contributed by atoms with Crippen LogP contribution >= 0.6 is 93.3 Å². The van der Waals surface area contributed by atoms with Crippen molar-refractivity contribution in [3.05, 3.63) is 60.6 Å². The molecule has 0 aliphatic carbocycles. The van der Waals surface area contributed by atoms with Crippen LogP contribution in [0.3, 0.4) is 0 Å². The van der Waals surface area contributed by atoms with Gasteiger partial charge in [-0.25, -0.2) is 0 Å². The lowest BCUT2D eigenvalue weighted by Gasteiger charge is -2.13. The molecule has 2 N–H and O–H groups in total. The maximum absolute atomic E-state index is 12.0. The number of hydrogen-bond acceptors (Lipinski definition) is 9. The third-order valence-corrected chi connectivity index (χ3v) is 10.6. The van der Waals surface area contributed by atoms with E-state index in [0.717, 1.165) is 42.8 Å². The molecule has 1 aliphatic heterocycles. The Morgan fingerprint density at radius 1 is 0.875 bits per heavy atom. The molecule has 0 fully saturated rings. The summed E-state index contributed by atoms with van der Waals surface area (Å²) in [4.78, 5) is 22.6. The molecular formula is C24H35Cl5N4O4S3. The van der Waals surface area contributed by atoms with Gasteiger partial charge in [0.2, 0.25) is 0 Å². The molecule has 0 amide bonds. The molecule has 16 heteroatoms. The van der Waals surface area contributed by atoms with Gasteiger partial charge >= 0.3 is 11.4 Å². The van der Waals surface area contributed by atoms with Crippen LogP contribution in [0.5, 0.6) is 0 Å². The van der Waals surface area contributed by atoms with Gasteiger partial charge < -0.3 is 10.6 Å². The first-order valence-electron chi connectivity index (χ1n) is 13.0. The quantitative estimate of drug-likeness (QED) is 0.0972. The van der Waals surface area contributed by atoms with Crippen molar-refractivity contribution in [2.24, 2.45) is 0 Å². The lowest BCUT2D eigenvalue weighted by molar-refractivity contribution is -0.420. The van der Waals surface area contributed by atoms with Gasteiger partial charge in [0, 0.05) is 24.6 Å². The van der Waals surface area contributed by atoms with Crippen molar-refractivity contribution in [1.82, 2.24) is 10.6 Å². The van der Waals surface area contributed by atoms with Crippen molar-refractivity contribution in [2.75, 3.05) is 30.3 Å². The number of rotatable bonds is 15. The van der Waals surface area contributed by atoms with E-state index >= 15 is 0 Å². The summed E-state index contributed by atoms with van der Waals surface area (Å²) in [7, 11) is 0. The van der Waals surface area contributed by atoms with Crippen LogP contribution in [-0.4, -0.2) is 40.2 Å². The standard InChI is InChI=1S/C24H35Cl5N4O4S3/c1-2-3-4-5-6-7-8-9-10-11-14-39-24-20(33(36)37)18(26)22(29)38-15-12-30-23(40-16-13-31-24)19(32(34)35)17(25)21(27)28/h30-31H,2-16H2,1H3/b22-18-,23-19-,24-20-. The second-order valence-electron chi connectivity index (χ2n) is 8.61. The maximum atomic E-state index is 12.0. The second-order valence-corrected chi connectivity index (χ2v) is 14.2. The number of hydrogen-bond donors (Lipinski definition) is 2. The van der Waals surface area contributed by atoms with E-state index in [1.807, 2.05) is 0 Å². The van der Waals surface area contributed by atoms with Crippen LogP contribution in [0.25, 0.3) is 0 Å². The molecule has 0 aromatic heterocycles. The van der Waals surface area contributed by atoms with Crippen LogP contribution in [0, 0.1) is 20.2 Å². The van der Waals surface area contributed by atoms with Crippen molar-refractivity contribution < 1.29 is 9.85 Å². The van der Waals surface area contributed by atoms with Crippen molar-refractivity contribution >= 4 is 93.3 Å². The summed E-state index contributed by atoms with van der Waals surface area (Å²) in [6, 6.07) is 0. The fraction of sp³-hybridized carbons (Fsp3) is 0.667. The summed E-state index contributed by atoms with van der Waals surface area (Å²) in [5.41, 5.74) is -0.738. The smallest absolute Gasteiger partial charge is 0.319 e. The van der Waals surface area contributed by atoms with Crippen molar-refractivity contribution in [3.8, 4) is 0 Å². The van der Waals surface area contributed by atoms with E-state index in [4.69, 9.17) is 58.0 Å². The molecule has 0 bridgehead atoms. The third-order valence-electron chi connectivity index (χ3n) is 5.54. The summed E-state index contributed by atoms with van der Waals surface area (Å²) in [6.07, 6.45) is 11.9. The van der Waals surface area contributed by atoms with E-state index in [-0.39, 0.29) is 33.2 Å². The Morgan fingerprint density at radius 3 is 1.98 bits per heavy atom. The Hall–Kier alpha value is -0.140. The van der Waals surface area contributed by atoms with Gasteiger partial charge in [0.25, 0.3) is 0 Å². The van der Waals surface area contributed by atoms with Gasteiger partial charge in [-0.1, -0.05) is 134 Å². The van der Waals surface area contributed by atoms with Gasteiger partial charge in [0.1, 0.15) is 19.6 Å². The molecule has 228 valence electrons. The molecule has 0 saturated heterocycles. The van der Waals surface area contributed by atoms with E-state index in [9.17, 15) is 20.2 Å². The fourth-order valence-corrected chi connectivity index (χ4v) is 7.27. The highest BCUT2D eigenvalue weighted by molar-refractivity contribution is 8.04. The van der Waals surface area contributed by atoms with Crippen LogP contribution in [0.1, 0.15) is 71.1 Å². The zero-order chi connectivity index (χ0) is 29.9. The highest BCUT2D eigenvalue weighted by atomic mass is 35.5. The highest BCUT2D eigenvalue weighted by Crippen LogP contribution is 2.36. The number of thioether (sulfide) groups is 3. The summed E-state index contributed by atoms with van der Waals surface area (Å²) < 4.78 is -0.372. The molecule has 8 nitrogen and oxygen atoms in total. The van der Waals surface area contributed by atoms with Gasteiger partial charge in [-0.2, -0.15) is 0 Å². The molecule has 0 radical (unpaired) electrons. The number of nitro groups is 2. The first kappa shape index (κ1) is 37.9. The number of unbranched alkanes of at least 4 members (excludes halogenated alkanes) is 9. The van der Waals surface area contributed by atoms with Crippen LogP contribution in [0.15, 0.2) is 40.4 Å². The largest absolute Gasteiger partial charge is 0.373 e. The molecule has 0 spiro atoms. The zero-order valence-corrected chi connectivity index (χ0v) is 28.5. The molecule has 0 aromatic rings. The molecule has 0 unspecified atom stereocenters. The first-order valence-corrected chi connectivity index (χ1v) is 17.9. The Labute approximate surface area is 274 Å². The van der Waals surface area contributed by atoms with Crippen molar-refractivity contribution in [1.29, 1.82) is 0 Å². The average molecular weight is 717 g/mol. The van der Waals surface area contributed by atoms with Gasteiger partial charge in [-0.3, -0.25) is 20.2 Å². The topological polar surface area (TPSA) is 110 Å². The molecule has 0 atom stereocenters. The van der Waals surface area contributed by atoms with E-state index < -0.39 is 25.1 Å². The minimum atomic E-state index is -0.663. The summed E-state index contributed by atoms with van der Waals surface area (Å²) >= 11 is 33.7. The average Bonchev–Trinajstić information content (AvgIpc) is 2.91. The van der Waals surface area contributed by atoms with Crippen molar-refractivity contribution in [3.63, 3.8) is 0 Å². The Bertz CT molecular complexity index is 976.